The fraction of sp³-hybridized carbons (Fsp3) is 0.538. The Morgan fingerprint density at radius 2 is 1.94 bits per heavy atom. The molecular weight excluding hydrogens is 202 g/mol. The highest BCUT2D eigenvalue weighted by Crippen LogP contribution is 2.15. The van der Waals surface area contributed by atoms with Crippen LogP contribution < -0.4 is 5.73 Å². The molecule has 0 saturated heterocycles. The van der Waals surface area contributed by atoms with Crippen molar-refractivity contribution >= 4 is 5.69 Å². The van der Waals surface area contributed by atoms with E-state index in [1.807, 2.05) is 12.1 Å². The van der Waals surface area contributed by atoms with Gasteiger partial charge in [0.25, 0.3) is 0 Å². The smallest absolute Gasteiger partial charge is 0.102 e. The third-order valence-corrected chi connectivity index (χ3v) is 2.49. The van der Waals surface area contributed by atoms with E-state index in [1.165, 1.54) is 12.8 Å². The molecule has 1 unspecified atom stereocenters. The molecule has 0 radical (unpaired) electrons. The molecule has 0 fully saturated rings. The van der Waals surface area contributed by atoms with E-state index in [9.17, 15) is 5.11 Å². The van der Waals surface area contributed by atoms with Gasteiger partial charge in [0.1, 0.15) is 6.10 Å². The number of rotatable bonds is 7. The Balaban J connectivity index is 2.24. The minimum atomic E-state index is -0.553. The van der Waals surface area contributed by atoms with Crippen LogP contribution in [0.1, 0.15) is 37.9 Å². The molecule has 3 N–H and O–H groups in total. The summed E-state index contributed by atoms with van der Waals surface area (Å²) in [7, 11) is 0. The first-order valence-corrected chi connectivity index (χ1v) is 5.85. The van der Waals surface area contributed by atoms with Crippen molar-refractivity contribution in [2.24, 2.45) is 0 Å². The Morgan fingerprint density at radius 3 is 2.56 bits per heavy atom. The number of hydrogen-bond acceptors (Lipinski definition) is 3. The second-order valence-corrected chi connectivity index (χ2v) is 3.96. The van der Waals surface area contributed by atoms with Crippen molar-refractivity contribution in [3.63, 3.8) is 0 Å². The number of hydrogen-bond donors (Lipinski definition) is 2. The van der Waals surface area contributed by atoms with Crippen LogP contribution >= 0.6 is 0 Å². The largest absolute Gasteiger partial charge is 0.399 e. The number of nitrogens with two attached hydrogens (primary N) is 1. The molecule has 0 aromatic heterocycles. The van der Waals surface area contributed by atoms with Crippen molar-refractivity contribution in [3.05, 3.63) is 29.8 Å². The molecule has 0 saturated carbocycles. The van der Waals surface area contributed by atoms with E-state index in [1.54, 1.807) is 12.1 Å². The standard InChI is InChI=1S/C13H21NO2/c1-2-3-4-9-16-10-13(15)11-5-7-12(14)8-6-11/h5-8,13,15H,2-4,9-10,14H2,1H3. The molecule has 1 aromatic carbocycles. The summed E-state index contributed by atoms with van der Waals surface area (Å²) < 4.78 is 5.40. The Morgan fingerprint density at radius 1 is 1.25 bits per heavy atom. The first-order valence-electron chi connectivity index (χ1n) is 5.85. The molecule has 0 aliphatic carbocycles. The van der Waals surface area contributed by atoms with Gasteiger partial charge in [0.15, 0.2) is 0 Å². The number of ether oxygens (including phenoxy) is 1. The topological polar surface area (TPSA) is 55.5 Å². The van der Waals surface area contributed by atoms with Gasteiger partial charge in [-0.3, -0.25) is 0 Å². The van der Waals surface area contributed by atoms with E-state index in [4.69, 9.17) is 10.5 Å². The average molecular weight is 223 g/mol. The minimum Gasteiger partial charge on any atom is -0.399 e. The van der Waals surface area contributed by atoms with Gasteiger partial charge in [0.05, 0.1) is 6.61 Å². The van der Waals surface area contributed by atoms with Gasteiger partial charge in [0.2, 0.25) is 0 Å². The van der Waals surface area contributed by atoms with Gasteiger partial charge in [0, 0.05) is 12.3 Å². The van der Waals surface area contributed by atoms with Crippen LogP contribution in [0.3, 0.4) is 0 Å². The summed E-state index contributed by atoms with van der Waals surface area (Å²) in [5.41, 5.74) is 7.13. The maximum Gasteiger partial charge on any atom is 0.102 e. The van der Waals surface area contributed by atoms with Crippen LogP contribution in [0.2, 0.25) is 0 Å². The van der Waals surface area contributed by atoms with Crippen LogP contribution in [0.5, 0.6) is 0 Å². The summed E-state index contributed by atoms with van der Waals surface area (Å²) in [6, 6.07) is 7.23. The van der Waals surface area contributed by atoms with Crippen molar-refractivity contribution in [1.29, 1.82) is 0 Å². The Bertz CT molecular complexity index is 284. The normalized spacial score (nSPS) is 12.6. The van der Waals surface area contributed by atoms with E-state index in [-0.39, 0.29) is 0 Å². The third-order valence-electron chi connectivity index (χ3n) is 2.49. The molecule has 1 aromatic rings. The van der Waals surface area contributed by atoms with Crippen LogP contribution in [0.15, 0.2) is 24.3 Å². The molecule has 0 aliphatic rings. The van der Waals surface area contributed by atoms with E-state index in [0.29, 0.717) is 12.3 Å². The minimum absolute atomic E-state index is 0.355. The molecule has 0 bridgehead atoms. The van der Waals surface area contributed by atoms with Crippen LogP contribution in [0.4, 0.5) is 5.69 Å². The SMILES string of the molecule is CCCCCOCC(O)c1ccc(N)cc1. The van der Waals surface area contributed by atoms with Gasteiger partial charge in [-0.1, -0.05) is 31.9 Å². The third kappa shape index (κ3) is 4.64. The van der Waals surface area contributed by atoms with Gasteiger partial charge in [-0.15, -0.1) is 0 Å². The van der Waals surface area contributed by atoms with Gasteiger partial charge < -0.3 is 15.6 Å². The summed E-state index contributed by atoms with van der Waals surface area (Å²) in [5, 5.41) is 9.80. The zero-order valence-electron chi connectivity index (χ0n) is 9.86. The summed E-state index contributed by atoms with van der Waals surface area (Å²) in [4.78, 5) is 0. The summed E-state index contributed by atoms with van der Waals surface area (Å²) in [5.74, 6) is 0. The number of unbranched alkanes of at least 4 members (excludes halogenated alkanes) is 2. The Kier molecular flexibility index (Phi) is 5.90. The predicted molar refractivity (Wildman–Crippen MR) is 66.2 cm³/mol. The van der Waals surface area contributed by atoms with E-state index in [2.05, 4.69) is 6.92 Å². The van der Waals surface area contributed by atoms with Crippen molar-refractivity contribution in [2.75, 3.05) is 18.9 Å². The first-order chi connectivity index (χ1) is 7.74. The van der Waals surface area contributed by atoms with Crippen LogP contribution in [-0.4, -0.2) is 18.3 Å². The highest BCUT2D eigenvalue weighted by Gasteiger charge is 2.06. The highest BCUT2D eigenvalue weighted by molar-refractivity contribution is 5.39. The molecule has 1 atom stereocenters. The number of anilines is 1. The zero-order chi connectivity index (χ0) is 11.8. The molecule has 0 spiro atoms. The monoisotopic (exact) mass is 223 g/mol. The van der Waals surface area contributed by atoms with E-state index < -0.39 is 6.10 Å². The lowest BCUT2D eigenvalue weighted by atomic mass is 10.1. The van der Waals surface area contributed by atoms with Crippen LogP contribution in [-0.2, 0) is 4.74 Å². The predicted octanol–water partition coefficient (Wildman–Crippen LogP) is 2.51. The zero-order valence-corrected chi connectivity index (χ0v) is 9.86. The van der Waals surface area contributed by atoms with Crippen molar-refractivity contribution in [2.45, 2.75) is 32.3 Å². The van der Waals surface area contributed by atoms with E-state index >= 15 is 0 Å². The Labute approximate surface area is 97.2 Å². The number of aliphatic hydroxyl groups is 1. The molecule has 0 aliphatic heterocycles. The summed E-state index contributed by atoms with van der Waals surface area (Å²) in [6.07, 6.45) is 2.87. The van der Waals surface area contributed by atoms with Crippen molar-refractivity contribution < 1.29 is 9.84 Å². The van der Waals surface area contributed by atoms with Gasteiger partial charge >= 0.3 is 0 Å². The fourth-order valence-corrected chi connectivity index (χ4v) is 1.46. The van der Waals surface area contributed by atoms with Gasteiger partial charge in [-0.2, -0.15) is 0 Å². The summed E-state index contributed by atoms with van der Waals surface area (Å²) >= 11 is 0. The van der Waals surface area contributed by atoms with Crippen molar-refractivity contribution in [3.8, 4) is 0 Å². The quantitative estimate of drug-likeness (QED) is 0.551. The fourth-order valence-electron chi connectivity index (χ4n) is 1.46. The average Bonchev–Trinajstić information content (AvgIpc) is 2.29. The first kappa shape index (κ1) is 13.0. The van der Waals surface area contributed by atoms with Gasteiger partial charge in [-0.05, 0) is 24.1 Å². The molecular formula is C13H21NO2. The highest BCUT2D eigenvalue weighted by atomic mass is 16.5. The van der Waals surface area contributed by atoms with Crippen molar-refractivity contribution in [1.82, 2.24) is 0 Å². The maximum atomic E-state index is 9.80. The van der Waals surface area contributed by atoms with E-state index in [0.717, 1.165) is 18.6 Å². The molecule has 3 nitrogen and oxygen atoms in total. The molecule has 16 heavy (non-hydrogen) atoms. The lowest BCUT2D eigenvalue weighted by molar-refractivity contribution is 0.0346. The molecule has 90 valence electrons. The Hall–Kier alpha value is -1.06. The lowest BCUT2D eigenvalue weighted by Crippen LogP contribution is -2.08. The number of nitrogen functional groups attached to an aromatic ring is 1. The molecule has 1 rings (SSSR count). The molecule has 0 amide bonds. The molecule has 3 heteroatoms. The van der Waals surface area contributed by atoms with Gasteiger partial charge in [-0.25, -0.2) is 0 Å². The number of benzene rings is 1. The van der Waals surface area contributed by atoms with Crippen LogP contribution in [0, 0.1) is 0 Å². The van der Waals surface area contributed by atoms with Crippen LogP contribution in [0.25, 0.3) is 0 Å². The maximum absolute atomic E-state index is 9.80. The second-order valence-electron chi connectivity index (χ2n) is 3.96. The second kappa shape index (κ2) is 7.25. The number of aliphatic hydroxyl groups excluding tert-OH is 1. The lowest BCUT2D eigenvalue weighted by Gasteiger charge is -2.11. The molecule has 0 heterocycles. The summed E-state index contributed by atoms with van der Waals surface area (Å²) in [6.45, 7) is 3.23.